The van der Waals surface area contributed by atoms with Crippen molar-refractivity contribution in [1.82, 2.24) is 15.5 Å². The number of aliphatic imine (C=N–C) groups is 1. The summed E-state index contributed by atoms with van der Waals surface area (Å²) in [5.41, 5.74) is 2.35. The van der Waals surface area contributed by atoms with E-state index >= 15 is 0 Å². The summed E-state index contributed by atoms with van der Waals surface area (Å²) in [6, 6.07) is 6.76. The van der Waals surface area contributed by atoms with Gasteiger partial charge in [0.25, 0.3) is 0 Å². The Bertz CT molecular complexity index is 583. The lowest BCUT2D eigenvalue weighted by molar-refractivity contribution is 0.312. The molecule has 2 aliphatic rings. The van der Waals surface area contributed by atoms with Gasteiger partial charge in [-0.2, -0.15) is 0 Å². The zero-order valence-electron chi connectivity index (χ0n) is 15.1. The molecular formula is C18H29ClIN5. The van der Waals surface area contributed by atoms with Crippen molar-refractivity contribution < 1.29 is 0 Å². The molecule has 1 aromatic rings. The van der Waals surface area contributed by atoms with Crippen molar-refractivity contribution in [2.24, 2.45) is 4.99 Å². The summed E-state index contributed by atoms with van der Waals surface area (Å²) < 4.78 is 0. The minimum atomic E-state index is 0. The molecule has 1 aromatic carbocycles. The third-order valence-electron chi connectivity index (χ3n) is 4.60. The largest absolute Gasteiger partial charge is 0.369 e. The van der Waals surface area contributed by atoms with Crippen LogP contribution in [0, 0.1) is 0 Å². The molecule has 0 bridgehead atoms. The van der Waals surface area contributed by atoms with Gasteiger partial charge in [0.1, 0.15) is 0 Å². The van der Waals surface area contributed by atoms with E-state index in [2.05, 4.69) is 40.5 Å². The maximum atomic E-state index is 6.51. The van der Waals surface area contributed by atoms with Crippen LogP contribution in [0.15, 0.2) is 23.2 Å². The van der Waals surface area contributed by atoms with Crippen LogP contribution >= 0.6 is 35.6 Å². The molecule has 0 radical (unpaired) electrons. The number of rotatable bonds is 5. The lowest BCUT2D eigenvalue weighted by Gasteiger charge is -2.35. The lowest BCUT2D eigenvalue weighted by atomic mass is 10.1. The first-order chi connectivity index (χ1) is 11.7. The van der Waals surface area contributed by atoms with Gasteiger partial charge in [-0.15, -0.1) is 24.0 Å². The maximum Gasteiger partial charge on any atom is 0.191 e. The molecule has 0 aromatic heterocycles. The summed E-state index contributed by atoms with van der Waals surface area (Å²) in [7, 11) is 2.17. The molecule has 25 heavy (non-hydrogen) atoms. The summed E-state index contributed by atoms with van der Waals surface area (Å²) in [6.07, 6.45) is 2.48. The molecule has 140 valence electrons. The summed E-state index contributed by atoms with van der Waals surface area (Å²) >= 11 is 6.51. The zero-order valence-corrected chi connectivity index (χ0v) is 18.2. The highest BCUT2D eigenvalue weighted by atomic mass is 127. The molecule has 1 aliphatic carbocycles. The second-order valence-electron chi connectivity index (χ2n) is 6.64. The lowest BCUT2D eigenvalue weighted by Crippen LogP contribution is -2.44. The molecule has 3 rings (SSSR count). The first-order valence-electron chi connectivity index (χ1n) is 8.93. The van der Waals surface area contributed by atoms with Crippen LogP contribution in [0.1, 0.15) is 25.3 Å². The smallest absolute Gasteiger partial charge is 0.191 e. The number of piperazine rings is 1. The van der Waals surface area contributed by atoms with Crippen molar-refractivity contribution in [2.75, 3.05) is 44.7 Å². The van der Waals surface area contributed by atoms with E-state index in [1.165, 1.54) is 18.5 Å². The number of benzene rings is 1. The van der Waals surface area contributed by atoms with Crippen LogP contribution in [-0.4, -0.2) is 56.7 Å². The van der Waals surface area contributed by atoms with E-state index in [0.29, 0.717) is 12.6 Å². The molecule has 0 unspecified atom stereocenters. The molecule has 1 aliphatic heterocycles. The van der Waals surface area contributed by atoms with Gasteiger partial charge in [0.15, 0.2) is 5.96 Å². The van der Waals surface area contributed by atoms with Gasteiger partial charge in [0.2, 0.25) is 0 Å². The minimum absolute atomic E-state index is 0. The molecule has 2 fully saturated rings. The Labute approximate surface area is 173 Å². The third-order valence-corrected chi connectivity index (χ3v) is 4.95. The summed E-state index contributed by atoms with van der Waals surface area (Å²) in [5, 5.41) is 7.59. The first kappa shape index (κ1) is 20.6. The standard InChI is InChI=1S/C18H28ClN5.HI/c1-3-20-18(22-14-7-8-14)21-13-15-16(19)5-4-6-17(15)24-11-9-23(2)10-12-24;/h4-6,14H,3,7-13H2,1-2H3,(H2,20,21,22);1H. The van der Waals surface area contributed by atoms with Crippen molar-refractivity contribution in [2.45, 2.75) is 32.4 Å². The Hall–Kier alpha value is -0.730. The van der Waals surface area contributed by atoms with Gasteiger partial charge in [-0.1, -0.05) is 17.7 Å². The fourth-order valence-electron chi connectivity index (χ4n) is 2.95. The minimum Gasteiger partial charge on any atom is -0.369 e. The topological polar surface area (TPSA) is 42.9 Å². The monoisotopic (exact) mass is 477 g/mol. The number of guanidine groups is 1. The van der Waals surface area contributed by atoms with E-state index in [1.807, 2.05) is 12.1 Å². The van der Waals surface area contributed by atoms with Crippen LogP contribution in [-0.2, 0) is 6.54 Å². The van der Waals surface area contributed by atoms with Crippen LogP contribution in [0.5, 0.6) is 0 Å². The van der Waals surface area contributed by atoms with E-state index in [1.54, 1.807) is 0 Å². The van der Waals surface area contributed by atoms with Crippen molar-refractivity contribution in [3.8, 4) is 0 Å². The van der Waals surface area contributed by atoms with Crippen molar-refractivity contribution in [3.05, 3.63) is 28.8 Å². The number of halogens is 2. The van der Waals surface area contributed by atoms with E-state index in [4.69, 9.17) is 16.6 Å². The van der Waals surface area contributed by atoms with Crippen LogP contribution in [0.25, 0.3) is 0 Å². The first-order valence-corrected chi connectivity index (χ1v) is 9.31. The van der Waals surface area contributed by atoms with Gasteiger partial charge in [-0.3, -0.25) is 0 Å². The van der Waals surface area contributed by atoms with E-state index in [9.17, 15) is 0 Å². The molecule has 1 saturated heterocycles. The van der Waals surface area contributed by atoms with Gasteiger partial charge in [-0.25, -0.2) is 4.99 Å². The fraction of sp³-hybridized carbons (Fsp3) is 0.611. The van der Waals surface area contributed by atoms with Gasteiger partial charge in [0, 0.05) is 55.0 Å². The van der Waals surface area contributed by atoms with Gasteiger partial charge >= 0.3 is 0 Å². The normalized spacial score (nSPS) is 18.7. The SMILES string of the molecule is CCNC(=NCc1c(Cl)cccc1N1CCN(C)CC1)NC1CC1.I. The Morgan fingerprint density at radius 2 is 1.96 bits per heavy atom. The highest BCUT2D eigenvalue weighted by Gasteiger charge is 2.22. The molecule has 1 saturated carbocycles. The van der Waals surface area contributed by atoms with Crippen molar-refractivity contribution in [3.63, 3.8) is 0 Å². The fourth-order valence-corrected chi connectivity index (χ4v) is 3.18. The van der Waals surface area contributed by atoms with Gasteiger partial charge in [-0.05, 0) is 38.9 Å². The maximum absolute atomic E-state index is 6.51. The predicted octanol–water partition coefficient (Wildman–Crippen LogP) is 2.93. The van der Waals surface area contributed by atoms with Crippen LogP contribution in [0.4, 0.5) is 5.69 Å². The van der Waals surface area contributed by atoms with Gasteiger partial charge < -0.3 is 20.4 Å². The van der Waals surface area contributed by atoms with Crippen LogP contribution < -0.4 is 15.5 Å². The molecule has 0 amide bonds. The third kappa shape index (κ3) is 5.89. The number of anilines is 1. The molecule has 1 heterocycles. The highest BCUT2D eigenvalue weighted by Crippen LogP contribution is 2.29. The molecule has 0 spiro atoms. The van der Waals surface area contributed by atoms with Gasteiger partial charge in [0.05, 0.1) is 6.54 Å². The predicted molar refractivity (Wildman–Crippen MR) is 118 cm³/mol. The Morgan fingerprint density at radius 3 is 2.60 bits per heavy atom. The van der Waals surface area contributed by atoms with Crippen molar-refractivity contribution >= 4 is 47.2 Å². The molecule has 7 heteroatoms. The van der Waals surface area contributed by atoms with Crippen LogP contribution in [0.2, 0.25) is 5.02 Å². The molecule has 2 N–H and O–H groups in total. The Balaban J connectivity index is 0.00000225. The quantitative estimate of drug-likeness (QED) is 0.389. The molecule has 5 nitrogen and oxygen atoms in total. The van der Waals surface area contributed by atoms with E-state index in [-0.39, 0.29) is 24.0 Å². The highest BCUT2D eigenvalue weighted by molar-refractivity contribution is 14.0. The number of hydrogen-bond donors (Lipinski definition) is 2. The Kier molecular flexibility index (Phi) is 8.09. The molecule has 0 atom stereocenters. The summed E-state index contributed by atoms with van der Waals surface area (Å²) in [6.45, 7) is 7.80. The second kappa shape index (κ2) is 9.83. The average molecular weight is 478 g/mol. The number of likely N-dealkylation sites (N-methyl/N-ethyl adjacent to an activating group) is 1. The second-order valence-corrected chi connectivity index (χ2v) is 7.05. The van der Waals surface area contributed by atoms with Crippen LogP contribution in [0.3, 0.4) is 0 Å². The number of nitrogens with zero attached hydrogens (tertiary/aromatic N) is 3. The zero-order chi connectivity index (χ0) is 16.9. The van der Waals surface area contributed by atoms with E-state index in [0.717, 1.165) is 49.3 Å². The average Bonchev–Trinajstić information content (AvgIpc) is 3.38. The Morgan fingerprint density at radius 1 is 1.24 bits per heavy atom. The number of nitrogens with one attached hydrogen (secondary N) is 2. The van der Waals surface area contributed by atoms with Crippen molar-refractivity contribution in [1.29, 1.82) is 0 Å². The molecular weight excluding hydrogens is 449 g/mol. The summed E-state index contributed by atoms with van der Waals surface area (Å²) in [5.74, 6) is 0.893. The summed E-state index contributed by atoms with van der Waals surface area (Å²) in [4.78, 5) is 9.56. The van der Waals surface area contributed by atoms with E-state index < -0.39 is 0 Å². The number of hydrogen-bond acceptors (Lipinski definition) is 3.